The minimum atomic E-state index is -0.871. The van der Waals surface area contributed by atoms with E-state index in [1.54, 1.807) is 13.8 Å². The van der Waals surface area contributed by atoms with Gasteiger partial charge in [-0.3, -0.25) is 4.79 Å². The molecule has 0 aromatic heterocycles. The second-order valence-electron chi connectivity index (χ2n) is 7.03. The summed E-state index contributed by atoms with van der Waals surface area (Å²) in [5.74, 6) is -0.802. The maximum atomic E-state index is 11.4. The fraction of sp³-hybridized carbons (Fsp3) is 0.381. The molecule has 128 valence electrons. The summed E-state index contributed by atoms with van der Waals surface area (Å²) in [5.41, 5.74) is 2.40. The topological polar surface area (TPSA) is 49.3 Å². The van der Waals surface area contributed by atoms with Crippen molar-refractivity contribution >= 4 is 5.97 Å². The molecule has 0 saturated carbocycles. The zero-order valence-corrected chi connectivity index (χ0v) is 14.9. The summed E-state index contributed by atoms with van der Waals surface area (Å²) in [6, 6.07) is 18.9. The Morgan fingerprint density at radius 2 is 1.75 bits per heavy atom. The van der Waals surface area contributed by atoms with Crippen molar-refractivity contribution in [2.24, 2.45) is 0 Å². The van der Waals surface area contributed by atoms with Crippen molar-refractivity contribution in [3.8, 4) is 0 Å². The van der Waals surface area contributed by atoms with Gasteiger partial charge in [-0.05, 0) is 50.8 Å². The van der Waals surface area contributed by atoms with Gasteiger partial charge in [0, 0.05) is 12.1 Å². The van der Waals surface area contributed by atoms with Gasteiger partial charge in [0.25, 0.3) is 0 Å². The zero-order chi connectivity index (χ0) is 17.7. The molecule has 2 aromatic rings. The molecule has 0 bridgehead atoms. The molecule has 0 amide bonds. The van der Waals surface area contributed by atoms with Crippen LogP contribution in [-0.2, 0) is 16.6 Å². The summed E-state index contributed by atoms with van der Waals surface area (Å²) in [4.78, 5) is 11.4. The van der Waals surface area contributed by atoms with Crippen LogP contribution in [0.15, 0.2) is 54.6 Å². The molecule has 0 spiro atoms. The lowest BCUT2D eigenvalue weighted by Crippen LogP contribution is -2.31. The number of rotatable bonds is 7. The van der Waals surface area contributed by atoms with E-state index in [1.165, 1.54) is 5.56 Å². The first-order valence-corrected chi connectivity index (χ1v) is 8.44. The van der Waals surface area contributed by atoms with Crippen molar-refractivity contribution in [1.29, 1.82) is 0 Å². The number of nitrogens with one attached hydrogen (secondary N) is 1. The molecule has 0 aliphatic carbocycles. The molecule has 0 radical (unpaired) electrons. The third-order valence-corrected chi connectivity index (χ3v) is 4.56. The van der Waals surface area contributed by atoms with E-state index in [0.717, 1.165) is 17.5 Å². The van der Waals surface area contributed by atoms with Crippen LogP contribution in [-0.4, -0.2) is 17.1 Å². The van der Waals surface area contributed by atoms with Gasteiger partial charge >= 0.3 is 5.97 Å². The highest BCUT2D eigenvalue weighted by molar-refractivity contribution is 5.80. The van der Waals surface area contributed by atoms with Crippen LogP contribution in [0.25, 0.3) is 0 Å². The van der Waals surface area contributed by atoms with Gasteiger partial charge in [-0.15, -0.1) is 0 Å². The fourth-order valence-corrected chi connectivity index (χ4v) is 2.89. The molecule has 3 nitrogen and oxygen atoms in total. The van der Waals surface area contributed by atoms with E-state index in [-0.39, 0.29) is 6.04 Å². The highest BCUT2D eigenvalue weighted by Crippen LogP contribution is 2.24. The number of aliphatic carboxylic acids is 1. The molecular formula is C21H27NO2. The van der Waals surface area contributed by atoms with Crippen molar-refractivity contribution in [2.45, 2.75) is 51.6 Å². The Morgan fingerprint density at radius 1 is 1.08 bits per heavy atom. The smallest absolute Gasteiger partial charge is 0.313 e. The summed E-state index contributed by atoms with van der Waals surface area (Å²) in [5, 5.41) is 13.0. The minimum absolute atomic E-state index is 0.278. The number of hydrogen-bond donors (Lipinski definition) is 2. The molecule has 2 aromatic carbocycles. The first kappa shape index (κ1) is 18.2. The molecule has 2 N–H and O–H groups in total. The van der Waals surface area contributed by atoms with Crippen molar-refractivity contribution in [3.05, 3.63) is 71.3 Å². The summed E-state index contributed by atoms with van der Waals surface area (Å²) < 4.78 is 0. The van der Waals surface area contributed by atoms with Gasteiger partial charge in [-0.1, -0.05) is 54.6 Å². The van der Waals surface area contributed by atoms with Crippen LogP contribution in [0, 0.1) is 0 Å². The number of benzene rings is 2. The normalized spacial score (nSPS) is 14.2. The minimum Gasteiger partial charge on any atom is -0.481 e. The third-order valence-electron chi connectivity index (χ3n) is 4.56. The monoisotopic (exact) mass is 325 g/mol. The van der Waals surface area contributed by atoms with E-state index in [4.69, 9.17) is 0 Å². The van der Waals surface area contributed by atoms with Crippen LogP contribution in [0.4, 0.5) is 0 Å². The predicted octanol–water partition coefficient (Wildman–Crippen LogP) is 4.33. The Bertz CT molecular complexity index is 679. The quantitative estimate of drug-likeness (QED) is 0.796. The van der Waals surface area contributed by atoms with E-state index in [9.17, 15) is 9.90 Å². The molecule has 24 heavy (non-hydrogen) atoms. The first-order valence-electron chi connectivity index (χ1n) is 8.44. The highest BCUT2D eigenvalue weighted by atomic mass is 16.4. The molecule has 0 saturated heterocycles. The van der Waals surface area contributed by atoms with Crippen LogP contribution >= 0.6 is 0 Å². The Morgan fingerprint density at radius 3 is 2.38 bits per heavy atom. The molecule has 0 heterocycles. The van der Waals surface area contributed by atoms with Gasteiger partial charge < -0.3 is 10.4 Å². The molecule has 0 unspecified atom stereocenters. The van der Waals surface area contributed by atoms with Crippen LogP contribution in [0.1, 0.15) is 50.4 Å². The van der Waals surface area contributed by atoms with Gasteiger partial charge in [0.1, 0.15) is 0 Å². The Balaban J connectivity index is 2.04. The van der Waals surface area contributed by atoms with Crippen LogP contribution in [0.2, 0.25) is 0 Å². The van der Waals surface area contributed by atoms with Crippen LogP contribution < -0.4 is 5.32 Å². The largest absolute Gasteiger partial charge is 0.481 e. The van der Waals surface area contributed by atoms with E-state index in [0.29, 0.717) is 6.04 Å². The molecule has 2 rings (SSSR count). The lowest BCUT2D eigenvalue weighted by molar-refractivity contribution is -0.142. The Kier molecular flexibility index (Phi) is 5.79. The third kappa shape index (κ3) is 4.45. The van der Waals surface area contributed by atoms with E-state index in [1.807, 2.05) is 24.3 Å². The van der Waals surface area contributed by atoms with Crippen molar-refractivity contribution in [3.63, 3.8) is 0 Å². The lowest BCUT2D eigenvalue weighted by Gasteiger charge is -2.23. The van der Waals surface area contributed by atoms with E-state index in [2.05, 4.69) is 49.5 Å². The van der Waals surface area contributed by atoms with Crippen molar-refractivity contribution in [2.75, 3.05) is 0 Å². The molecular weight excluding hydrogens is 298 g/mol. The summed E-state index contributed by atoms with van der Waals surface area (Å²) >= 11 is 0. The second kappa shape index (κ2) is 7.63. The highest BCUT2D eigenvalue weighted by Gasteiger charge is 2.29. The lowest BCUT2D eigenvalue weighted by atomic mass is 9.83. The van der Waals surface area contributed by atoms with E-state index >= 15 is 0 Å². The van der Waals surface area contributed by atoms with Gasteiger partial charge in [-0.25, -0.2) is 0 Å². The van der Waals surface area contributed by atoms with Crippen LogP contribution in [0.3, 0.4) is 0 Å². The Hall–Kier alpha value is -2.13. The maximum absolute atomic E-state index is 11.4. The number of carboxylic acids is 1. The molecule has 2 atom stereocenters. The van der Waals surface area contributed by atoms with Crippen molar-refractivity contribution in [1.82, 2.24) is 5.32 Å². The second-order valence-corrected chi connectivity index (χ2v) is 7.03. The fourth-order valence-electron chi connectivity index (χ4n) is 2.89. The standard InChI is InChI=1S/C21H27NO2/c1-15(22-16(2)18-10-6-5-7-11-18)13-17-9-8-12-19(14-17)21(3,4)20(23)24/h5-12,14-16,22H,13H2,1-4H3,(H,23,24)/t15-,16-/m1/s1. The molecule has 0 aliphatic rings. The van der Waals surface area contributed by atoms with Crippen LogP contribution in [0.5, 0.6) is 0 Å². The predicted molar refractivity (Wildman–Crippen MR) is 98.3 cm³/mol. The SMILES string of the molecule is C[C@H](Cc1cccc(C(C)(C)C(=O)O)c1)N[C@H](C)c1ccccc1. The average molecular weight is 325 g/mol. The van der Waals surface area contributed by atoms with Gasteiger partial charge in [0.15, 0.2) is 0 Å². The number of hydrogen-bond acceptors (Lipinski definition) is 2. The average Bonchev–Trinajstić information content (AvgIpc) is 2.55. The van der Waals surface area contributed by atoms with Gasteiger partial charge in [-0.2, -0.15) is 0 Å². The molecule has 3 heteroatoms. The van der Waals surface area contributed by atoms with Crippen molar-refractivity contribution < 1.29 is 9.90 Å². The summed E-state index contributed by atoms with van der Waals surface area (Å²) in [6.45, 7) is 7.81. The molecule has 0 fully saturated rings. The molecule has 0 aliphatic heterocycles. The maximum Gasteiger partial charge on any atom is 0.313 e. The summed E-state index contributed by atoms with van der Waals surface area (Å²) in [7, 11) is 0. The van der Waals surface area contributed by atoms with Gasteiger partial charge in [0.2, 0.25) is 0 Å². The summed E-state index contributed by atoms with van der Waals surface area (Å²) in [6.07, 6.45) is 0.862. The Labute approximate surface area is 144 Å². The first-order chi connectivity index (χ1) is 11.3. The zero-order valence-electron chi connectivity index (χ0n) is 14.9. The number of carboxylic acid groups (broad SMARTS) is 1. The van der Waals surface area contributed by atoms with E-state index < -0.39 is 11.4 Å². The number of carbonyl (C=O) groups is 1. The van der Waals surface area contributed by atoms with Gasteiger partial charge in [0.05, 0.1) is 5.41 Å².